The molecule has 3 unspecified atom stereocenters. The quantitative estimate of drug-likeness (QED) is 0.719. The first-order valence-corrected chi connectivity index (χ1v) is 6.81. The first-order chi connectivity index (χ1) is 7.35. The van der Waals surface area contributed by atoms with Crippen LogP contribution in [-0.2, 0) is 0 Å². The Bertz CT molecular complexity index is 245. The molecule has 1 saturated heterocycles. The molecular weight excluding hydrogens is 208 g/mol. The van der Waals surface area contributed by atoms with E-state index in [-0.39, 0.29) is 0 Å². The maximum absolute atomic E-state index is 9.23. The lowest BCUT2D eigenvalue weighted by Crippen LogP contribution is -2.29. The SMILES string of the molecule is CCCCN=C1NC2CCC(CO)C2S1. The third-order valence-corrected chi connectivity index (χ3v) is 4.72. The Morgan fingerprint density at radius 1 is 1.53 bits per heavy atom. The molecule has 0 spiro atoms. The lowest BCUT2D eigenvalue weighted by Gasteiger charge is -2.12. The summed E-state index contributed by atoms with van der Waals surface area (Å²) in [5.74, 6) is 0.478. The summed E-state index contributed by atoms with van der Waals surface area (Å²) in [5.41, 5.74) is 0. The summed E-state index contributed by atoms with van der Waals surface area (Å²) in [7, 11) is 0. The number of hydrogen-bond donors (Lipinski definition) is 2. The number of nitrogens with zero attached hydrogens (tertiary/aromatic N) is 1. The van der Waals surface area contributed by atoms with Gasteiger partial charge in [0.2, 0.25) is 0 Å². The average molecular weight is 228 g/mol. The summed E-state index contributed by atoms with van der Waals surface area (Å²) < 4.78 is 0. The van der Waals surface area contributed by atoms with E-state index < -0.39 is 0 Å². The summed E-state index contributed by atoms with van der Waals surface area (Å²) in [6.07, 6.45) is 4.72. The molecule has 1 saturated carbocycles. The Kier molecular flexibility index (Phi) is 3.92. The highest BCUT2D eigenvalue weighted by Gasteiger charge is 2.42. The molecular formula is C11H20N2OS. The topological polar surface area (TPSA) is 44.6 Å². The number of hydrogen-bond acceptors (Lipinski definition) is 3. The van der Waals surface area contributed by atoms with Gasteiger partial charge in [0, 0.05) is 24.4 Å². The summed E-state index contributed by atoms with van der Waals surface area (Å²) in [6, 6.07) is 0.563. The van der Waals surface area contributed by atoms with E-state index in [0.29, 0.717) is 23.8 Å². The molecule has 3 nitrogen and oxygen atoms in total. The van der Waals surface area contributed by atoms with Gasteiger partial charge >= 0.3 is 0 Å². The highest BCUT2D eigenvalue weighted by atomic mass is 32.2. The van der Waals surface area contributed by atoms with Crippen molar-refractivity contribution in [2.45, 2.75) is 43.9 Å². The first-order valence-electron chi connectivity index (χ1n) is 5.93. The maximum atomic E-state index is 9.23. The van der Waals surface area contributed by atoms with Crippen molar-refractivity contribution in [3.05, 3.63) is 0 Å². The second-order valence-corrected chi connectivity index (χ2v) is 5.56. The molecule has 1 aliphatic carbocycles. The van der Waals surface area contributed by atoms with Crippen LogP contribution in [0.5, 0.6) is 0 Å². The molecule has 2 rings (SSSR count). The number of unbranched alkanes of at least 4 members (excludes halogenated alkanes) is 1. The number of rotatable bonds is 4. The van der Waals surface area contributed by atoms with E-state index in [1.54, 1.807) is 0 Å². The monoisotopic (exact) mass is 228 g/mol. The number of aliphatic imine (C=N–C) groups is 1. The van der Waals surface area contributed by atoms with Crippen LogP contribution in [0.25, 0.3) is 0 Å². The van der Waals surface area contributed by atoms with Crippen LogP contribution in [0, 0.1) is 5.92 Å². The number of fused-ring (bicyclic) bond motifs is 1. The van der Waals surface area contributed by atoms with Crippen molar-refractivity contribution in [1.82, 2.24) is 5.32 Å². The first kappa shape index (κ1) is 11.3. The van der Waals surface area contributed by atoms with Gasteiger partial charge in [-0.1, -0.05) is 25.1 Å². The molecule has 1 aliphatic heterocycles. The van der Waals surface area contributed by atoms with E-state index in [1.165, 1.54) is 19.3 Å². The molecule has 15 heavy (non-hydrogen) atoms. The minimum absolute atomic E-state index is 0.331. The predicted molar refractivity (Wildman–Crippen MR) is 65.3 cm³/mol. The molecule has 2 aliphatic rings. The van der Waals surface area contributed by atoms with Gasteiger partial charge in [0.25, 0.3) is 0 Å². The van der Waals surface area contributed by atoms with Crippen LogP contribution >= 0.6 is 11.8 Å². The van der Waals surface area contributed by atoms with Crippen molar-refractivity contribution >= 4 is 16.9 Å². The second-order valence-electron chi connectivity index (χ2n) is 4.39. The van der Waals surface area contributed by atoms with E-state index >= 15 is 0 Å². The summed E-state index contributed by atoms with van der Waals surface area (Å²) in [6.45, 7) is 3.46. The van der Waals surface area contributed by atoms with Crippen molar-refractivity contribution in [3.8, 4) is 0 Å². The zero-order valence-corrected chi connectivity index (χ0v) is 10.1. The van der Waals surface area contributed by atoms with Crippen LogP contribution < -0.4 is 5.32 Å². The molecule has 0 aromatic carbocycles. The van der Waals surface area contributed by atoms with Crippen molar-refractivity contribution in [3.63, 3.8) is 0 Å². The fourth-order valence-corrected chi connectivity index (χ4v) is 3.75. The fraction of sp³-hybridized carbons (Fsp3) is 0.909. The second kappa shape index (κ2) is 5.21. The molecule has 2 N–H and O–H groups in total. The third-order valence-electron chi connectivity index (χ3n) is 3.27. The van der Waals surface area contributed by atoms with Crippen LogP contribution in [0.3, 0.4) is 0 Å². The lowest BCUT2D eigenvalue weighted by atomic mass is 10.1. The molecule has 1 heterocycles. The Balaban J connectivity index is 1.86. The van der Waals surface area contributed by atoms with Crippen molar-refractivity contribution < 1.29 is 5.11 Å². The van der Waals surface area contributed by atoms with Gasteiger partial charge in [-0.3, -0.25) is 4.99 Å². The summed E-state index contributed by atoms with van der Waals surface area (Å²) in [4.78, 5) is 4.55. The van der Waals surface area contributed by atoms with Crippen LogP contribution in [0.1, 0.15) is 32.6 Å². The van der Waals surface area contributed by atoms with E-state index in [4.69, 9.17) is 0 Å². The molecule has 4 heteroatoms. The minimum atomic E-state index is 0.331. The summed E-state index contributed by atoms with van der Waals surface area (Å²) >= 11 is 1.84. The van der Waals surface area contributed by atoms with Gasteiger partial charge in [-0.05, 0) is 25.2 Å². The lowest BCUT2D eigenvalue weighted by molar-refractivity contribution is 0.232. The van der Waals surface area contributed by atoms with Gasteiger partial charge in [0.15, 0.2) is 5.17 Å². The van der Waals surface area contributed by atoms with Crippen LogP contribution in [0.2, 0.25) is 0 Å². The number of aliphatic hydroxyl groups excluding tert-OH is 1. The standard InChI is InChI=1S/C11H20N2OS/c1-2-3-6-12-11-13-9-5-4-8(7-14)10(9)15-11/h8-10,14H,2-7H2,1H3,(H,12,13). The molecule has 0 aromatic rings. The highest BCUT2D eigenvalue weighted by Crippen LogP contribution is 2.39. The Morgan fingerprint density at radius 2 is 2.40 bits per heavy atom. The number of nitrogens with one attached hydrogen (secondary N) is 1. The van der Waals surface area contributed by atoms with Gasteiger partial charge in [-0.25, -0.2) is 0 Å². The largest absolute Gasteiger partial charge is 0.396 e. The number of thioether (sulfide) groups is 1. The van der Waals surface area contributed by atoms with Gasteiger partial charge in [0.05, 0.1) is 0 Å². The molecule has 3 atom stereocenters. The molecule has 0 amide bonds. The molecule has 0 radical (unpaired) electrons. The van der Waals surface area contributed by atoms with E-state index in [1.807, 2.05) is 11.8 Å². The van der Waals surface area contributed by atoms with Crippen molar-refractivity contribution in [2.24, 2.45) is 10.9 Å². The zero-order chi connectivity index (χ0) is 10.7. The fourth-order valence-electron chi connectivity index (χ4n) is 2.32. The van der Waals surface area contributed by atoms with Crippen LogP contribution in [-0.4, -0.2) is 34.7 Å². The normalized spacial score (nSPS) is 36.9. The number of amidine groups is 1. The van der Waals surface area contributed by atoms with Gasteiger partial charge in [-0.2, -0.15) is 0 Å². The third kappa shape index (κ3) is 2.48. The van der Waals surface area contributed by atoms with Gasteiger partial charge in [0.1, 0.15) is 0 Å². The Labute approximate surface area is 95.7 Å². The maximum Gasteiger partial charge on any atom is 0.157 e. The zero-order valence-electron chi connectivity index (χ0n) is 9.28. The minimum Gasteiger partial charge on any atom is -0.396 e. The Hall–Kier alpha value is -0.220. The molecule has 86 valence electrons. The molecule has 0 aromatic heterocycles. The highest BCUT2D eigenvalue weighted by molar-refractivity contribution is 8.14. The van der Waals surface area contributed by atoms with Gasteiger partial charge in [-0.15, -0.1) is 0 Å². The van der Waals surface area contributed by atoms with Gasteiger partial charge < -0.3 is 10.4 Å². The van der Waals surface area contributed by atoms with Crippen LogP contribution in [0.4, 0.5) is 0 Å². The van der Waals surface area contributed by atoms with E-state index in [0.717, 1.165) is 18.1 Å². The van der Waals surface area contributed by atoms with Crippen molar-refractivity contribution in [2.75, 3.05) is 13.2 Å². The van der Waals surface area contributed by atoms with Crippen molar-refractivity contribution in [1.29, 1.82) is 0 Å². The molecule has 0 bridgehead atoms. The van der Waals surface area contributed by atoms with E-state index in [9.17, 15) is 5.11 Å². The smallest absolute Gasteiger partial charge is 0.157 e. The summed E-state index contributed by atoms with van der Waals surface area (Å²) in [5, 5.41) is 14.4. The molecule has 2 fully saturated rings. The van der Waals surface area contributed by atoms with Crippen LogP contribution in [0.15, 0.2) is 4.99 Å². The predicted octanol–water partition coefficient (Wildman–Crippen LogP) is 1.62. The van der Waals surface area contributed by atoms with E-state index in [2.05, 4.69) is 17.2 Å². The average Bonchev–Trinajstić information content (AvgIpc) is 2.77. The Morgan fingerprint density at radius 3 is 3.13 bits per heavy atom. The number of aliphatic hydroxyl groups is 1.